The standard InChI is InChI=1S/C12H19N/c1-2-8-13-9-6-12(7-10-13)11-4-3-5-11/h1,11-12H,3-10H2. The van der Waals surface area contributed by atoms with Crippen molar-refractivity contribution in [1.29, 1.82) is 0 Å². The van der Waals surface area contributed by atoms with E-state index >= 15 is 0 Å². The summed E-state index contributed by atoms with van der Waals surface area (Å²) in [5.41, 5.74) is 0. The van der Waals surface area contributed by atoms with E-state index in [4.69, 9.17) is 6.42 Å². The van der Waals surface area contributed by atoms with E-state index in [2.05, 4.69) is 10.8 Å². The number of hydrogen-bond acceptors (Lipinski definition) is 1. The molecule has 0 atom stereocenters. The van der Waals surface area contributed by atoms with Crippen LogP contribution in [0.1, 0.15) is 32.1 Å². The fourth-order valence-corrected chi connectivity index (χ4v) is 2.62. The molecule has 1 heterocycles. The summed E-state index contributed by atoms with van der Waals surface area (Å²) in [6.07, 6.45) is 12.6. The SMILES string of the molecule is C#CCN1CCC(C2CCC2)CC1. The van der Waals surface area contributed by atoms with Crippen molar-refractivity contribution in [2.24, 2.45) is 11.8 Å². The van der Waals surface area contributed by atoms with E-state index < -0.39 is 0 Å². The zero-order valence-electron chi connectivity index (χ0n) is 8.34. The third-order valence-electron chi connectivity index (χ3n) is 3.76. The summed E-state index contributed by atoms with van der Waals surface area (Å²) >= 11 is 0. The van der Waals surface area contributed by atoms with Gasteiger partial charge in [0, 0.05) is 0 Å². The monoisotopic (exact) mass is 177 g/mol. The quantitative estimate of drug-likeness (QED) is 0.584. The summed E-state index contributed by atoms with van der Waals surface area (Å²) < 4.78 is 0. The molecule has 13 heavy (non-hydrogen) atoms. The van der Waals surface area contributed by atoms with Crippen molar-refractivity contribution >= 4 is 0 Å². The Balaban J connectivity index is 1.73. The number of nitrogens with zero attached hydrogens (tertiary/aromatic N) is 1. The molecular formula is C12H19N. The fourth-order valence-electron chi connectivity index (χ4n) is 2.62. The van der Waals surface area contributed by atoms with E-state index in [9.17, 15) is 0 Å². The summed E-state index contributed by atoms with van der Waals surface area (Å²) in [7, 11) is 0. The van der Waals surface area contributed by atoms with Gasteiger partial charge in [0.2, 0.25) is 0 Å². The van der Waals surface area contributed by atoms with Crippen LogP contribution in [0.3, 0.4) is 0 Å². The molecular weight excluding hydrogens is 158 g/mol. The third-order valence-corrected chi connectivity index (χ3v) is 3.76. The molecule has 1 saturated heterocycles. The number of likely N-dealkylation sites (tertiary alicyclic amines) is 1. The average molecular weight is 177 g/mol. The molecule has 0 aromatic carbocycles. The Labute approximate surface area is 81.5 Å². The first-order valence-electron chi connectivity index (χ1n) is 5.56. The predicted molar refractivity (Wildman–Crippen MR) is 55.3 cm³/mol. The Morgan fingerprint density at radius 3 is 2.15 bits per heavy atom. The molecule has 2 rings (SSSR count). The molecule has 0 unspecified atom stereocenters. The Kier molecular flexibility index (Phi) is 2.90. The topological polar surface area (TPSA) is 3.24 Å². The second kappa shape index (κ2) is 4.15. The maximum Gasteiger partial charge on any atom is 0.0598 e. The molecule has 1 heteroatoms. The lowest BCUT2D eigenvalue weighted by molar-refractivity contribution is 0.115. The first kappa shape index (κ1) is 9.09. The molecule has 1 saturated carbocycles. The summed E-state index contributed by atoms with van der Waals surface area (Å²) in [5.74, 6) is 4.84. The highest BCUT2D eigenvalue weighted by atomic mass is 15.1. The van der Waals surface area contributed by atoms with Crippen LogP contribution in [0.15, 0.2) is 0 Å². The second-order valence-electron chi connectivity index (χ2n) is 4.51. The molecule has 0 spiro atoms. The van der Waals surface area contributed by atoms with Gasteiger partial charge in [-0.3, -0.25) is 4.90 Å². The molecule has 0 radical (unpaired) electrons. The highest BCUT2D eigenvalue weighted by Crippen LogP contribution is 2.38. The summed E-state index contributed by atoms with van der Waals surface area (Å²) in [5, 5.41) is 0. The van der Waals surface area contributed by atoms with Gasteiger partial charge in [0.05, 0.1) is 6.54 Å². The van der Waals surface area contributed by atoms with Crippen molar-refractivity contribution in [2.45, 2.75) is 32.1 Å². The van der Waals surface area contributed by atoms with Gasteiger partial charge in [-0.1, -0.05) is 25.2 Å². The Hall–Kier alpha value is -0.480. The van der Waals surface area contributed by atoms with Crippen LogP contribution in [-0.2, 0) is 0 Å². The molecule has 0 aromatic rings. The number of piperidine rings is 1. The number of hydrogen-bond donors (Lipinski definition) is 0. The molecule has 2 fully saturated rings. The molecule has 0 amide bonds. The van der Waals surface area contributed by atoms with E-state index in [1.54, 1.807) is 0 Å². The normalized spacial score (nSPS) is 26.7. The van der Waals surface area contributed by atoms with E-state index in [-0.39, 0.29) is 0 Å². The molecule has 1 aliphatic carbocycles. The summed E-state index contributed by atoms with van der Waals surface area (Å²) in [6.45, 7) is 3.34. The largest absolute Gasteiger partial charge is 0.292 e. The predicted octanol–water partition coefficient (Wildman–Crippen LogP) is 2.13. The van der Waals surface area contributed by atoms with Crippen LogP contribution in [-0.4, -0.2) is 24.5 Å². The van der Waals surface area contributed by atoms with E-state index in [1.807, 2.05) is 0 Å². The van der Waals surface area contributed by atoms with Crippen molar-refractivity contribution in [3.63, 3.8) is 0 Å². The minimum absolute atomic E-state index is 0.859. The van der Waals surface area contributed by atoms with Crippen LogP contribution in [0.2, 0.25) is 0 Å². The van der Waals surface area contributed by atoms with Crippen LogP contribution in [0.5, 0.6) is 0 Å². The Morgan fingerprint density at radius 2 is 1.69 bits per heavy atom. The van der Waals surface area contributed by atoms with Crippen molar-refractivity contribution in [1.82, 2.24) is 4.90 Å². The van der Waals surface area contributed by atoms with Crippen molar-refractivity contribution in [3.05, 3.63) is 0 Å². The maximum absolute atomic E-state index is 5.30. The zero-order valence-corrected chi connectivity index (χ0v) is 8.34. The van der Waals surface area contributed by atoms with Gasteiger partial charge in [-0.2, -0.15) is 0 Å². The summed E-state index contributed by atoms with van der Waals surface area (Å²) in [4.78, 5) is 2.41. The molecule has 0 aromatic heterocycles. The highest BCUT2D eigenvalue weighted by molar-refractivity contribution is 4.90. The van der Waals surface area contributed by atoms with E-state index in [1.165, 1.54) is 45.2 Å². The maximum atomic E-state index is 5.30. The minimum atomic E-state index is 0.859. The molecule has 0 bridgehead atoms. The lowest BCUT2D eigenvalue weighted by Crippen LogP contribution is -2.37. The molecule has 1 nitrogen and oxygen atoms in total. The Bertz CT molecular complexity index is 192. The molecule has 72 valence electrons. The number of rotatable bonds is 2. The van der Waals surface area contributed by atoms with Crippen LogP contribution in [0.4, 0.5) is 0 Å². The summed E-state index contributed by atoms with van der Waals surface area (Å²) in [6, 6.07) is 0. The smallest absolute Gasteiger partial charge is 0.0598 e. The van der Waals surface area contributed by atoms with Gasteiger partial charge in [0.15, 0.2) is 0 Å². The van der Waals surface area contributed by atoms with Crippen LogP contribution in [0.25, 0.3) is 0 Å². The number of terminal acetylenes is 1. The first-order valence-corrected chi connectivity index (χ1v) is 5.56. The van der Waals surface area contributed by atoms with Gasteiger partial charge in [0.1, 0.15) is 0 Å². The van der Waals surface area contributed by atoms with Gasteiger partial charge in [-0.05, 0) is 37.8 Å². The van der Waals surface area contributed by atoms with Crippen LogP contribution < -0.4 is 0 Å². The lowest BCUT2D eigenvalue weighted by atomic mass is 9.72. The van der Waals surface area contributed by atoms with Crippen molar-refractivity contribution in [3.8, 4) is 12.3 Å². The van der Waals surface area contributed by atoms with Gasteiger partial charge in [0.25, 0.3) is 0 Å². The average Bonchev–Trinajstić information content (AvgIpc) is 2.06. The van der Waals surface area contributed by atoms with E-state index in [0.29, 0.717) is 0 Å². The van der Waals surface area contributed by atoms with Gasteiger partial charge >= 0.3 is 0 Å². The van der Waals surface area contributed by atoms with Crippen LogP contribution >= 0.6 is 0 Å². The molecule has 2 aliphatic rings. The van der Waals surface area contributed by atoms with Gasteiger partial charge in [-0.25, -0.2) is 0 Å². The Morgan fingerprint density at radius 1 is 1.08 bits per heavy atom. The third kappa shape index (κ3) is 2.06. The minimum Gasteiger partial charge on any atom is -0.292 e. The van der Waals surface area contributed by atoms with Crippen molar-refractivity contribution in [2.75, 3.05) is 19.6 Å². The molecule has 1 aliphatic heterocycles. The molecule has 0 N–H and O–H groups in total. The van der Waals surface area contributed by atoms with Gasteiger partial charge in [-0.15, -0.1) is 6.42 Å². The second-order valence-corrected chi connectivity index (χ2v) is 4.51. The van der Waals surface area contributed by atoms with Crippen molar-refractivity contribution < 1.29 is 0 Å². The van der Waals surface area contributed by atoms with E-state index in [0.717, 1.165) is 18.4 Å². The lowest BCUT2D eigenvalue weighted by Gasteiger charge is -2.39. The first-order chi connectivity index (χ1) is 6.40. The van der Waals surface area contributed by atoms with Crippen LogP contribution in [0, 0.1) is 24.2 Å². The van der Waals surface area contributed by atoms with Gasteiger partial charge < -0.3 is 0 Å². The highest BCUT2D eigenvalue weighted by Gasteiger charge is 2.29. The fraction of sp³-hybridized carbons (Fsp3) is 0.833. The zero-order chi connectivity index (χ0) is 9.10.